The van der Waals surface area contributed by atoms with Gasteiger partial charge in [0.1, 0.15) is 12.4 Å². The third-order valence-electron chi connectivity index (χ3n) is 7.69. The van der Waals surface area contributed by atoms with E-state index >= 15 is 0 Å². The van der Waals surface area contributed by atoms with Gasteiger partial charge in [-0.25, -0.2) is 0 Å². The molecular weight excluding hydrogens is 502 g/mol. The highest BCUT2D eigenvalue weighted by Gasteiger charge is 2.43. The minimum absolute atomic E-state index is 0.0718. The Morgan fingerprint density at radius 2 is 1.92 bits per heavy atom. The van der Waals surface area contributed by atoms with Crippen molar-refractivity contribution in [2.75, 3.05) is 19.6 Å². The number of benzene rings is 1. The zero-order chi connectivity index (χ0) is 25.2. The molecule has 2 aromatic rings. The lowest BCUT2D eigenvalue weighted by molar-refractivity contribution is -0.154. The highest BCUT2D eigenvalue weighted by Crippen LogP contribution is 2.43. The predicted molar refractivity (Wildman–Crippen MR) is 135 cm³/mol. The van der Waals surface area contributed by atoms with Crippen LogP contribution in [0.25, 0.3) is 0 Å². The molecule has 3 atom stereocenters. The Balaban J connectivity index is 1.51. The molecular formula is C26H30ClN3O5S. The van der Waals surface area contributed by atoms with Gasteiger partial charge in [-0.3, -0.25) is 14.4 Å². The molecule has 2 aliphatic heterocycles. The van der Waals surface area contributed by atoms with Crippen LogP contribution >= 0.6 is 23.1 Å². The van der Waals surface area contributed by atoms with E-state index in [2.05, 4.69) is 4.37 Å². The van der Waals surface area contributed by atoms with Crippen molar-refractivity contribution in [2.45, 2.75) is 57.6 Å². The van der Waals surface area contributed by atoms with E-state index in [1.54, 1.807) is 9.80 Å². The maximum atomic E-state index is 14.0. The third kappa shape index (κ3) is 4.95. The van der Waals surface area contributed by atoms with Crippen LogP contribution in [0.5, 0.6) is 5.75 Å². The molecule has 1 N–H and O–H groups in total. The van der Waals surface area contributed by atoms with E-state index < -0.39 is 23.8 Å². The average Bonchev–Trinajstić information content (AvgIpc) is 3.55. The summed E-state index contributed by atoms with van der Waals surface area (Å²) in [6, 6.07) is 5.08. The van der Waals surface area contributed by atoms with Crippen LogP contribution in [-0.4, -0.2) is 56.7 Å². The average molecular weight is 532 g/mol. The number of carboxylic acids is 1. The summed E-state index contributed by atoms with van der Waals surface area (Å²) in [6.07, 6.45) is 4.57. The van der Waals surface area contributed by atoms with Gasteiger partial charge >= 0.3 is 5.97 Å². The normalized spacial score (nSPS) is 24.0. The number of fused-ring (bicyclic) bond motifs is 1. The van der Waals surface area contributed by atoms with Gasteiger partial charge in [-0.15, -0.1) is 0 Å². The molecule has 3 aliphatic rings. The Kier molecular flexibility index (Phi) is 7.48. The summed E-state index contributed by atoms with van der Waals surface area (Å²) in [5.41, 5.74) is 2.55. The first-order chi connectivity index (χ1) is 17.4. The molecule has 1 aromatic heterocycles. The number of carbonyl (C=O) groups is 3. The third-order valence-corrected chi connectivity index (χ3v) is 8.64. The van der Waals surface area contributed by atoms with E-state index in [-0.39, 0.29) is 18.4 Å². The summed E-state index contributed by atoms with van der Waals surface area (Å²) in [5, 5.41) is 12.3. The largest absolute Gasteiger partial charge is 0.487 e. The molecule has 8 nitrogen and oxygen atoms in total. The van der Waals surface area contributed by atoms with Gasteiger partial charge in [-0.1, -0.05) is 24.4 Å². The number of amides is 2. The molecule has 5 rings (SSSR count). The smallest absolute Gasteiger partial charge is 0.307 e. The fraction of sp³-hybridized carbons (Fsp3) is 0.538. The Hall–Kier alpha value is -2.65. The number of aromatic nitrogens is 1. The Morgan fingerprint density at radius 1 is 1.11 bits per heavy atom. The summed E-state index contributed by atoms with van der Waals surface area (Å²) >= 11 is 7.99. The van der Waals surface area contributed by atoms with Crippen LogP contribution in [0, 0.1) is 11.8 Å². The summed E-state index contributed by atoms with van der Waals surface area (Å²) < 4.78 is 10.5. The number of nitrogens with zero attached hydrogens (tertiary/aromatic N) is 3. The molecule has 36 heavy (non-hydrogen) atoms. The van der Waals surface area contributed by atoms with Gasteiger partial charge < -0.3 is 19.6 Å². The van der Waals surface area contributed by atoms with Crippen LogP contribution in [0.15, 0.2) is 23.6 Å². The maximum Gasteiger partial charge on any atom is 0.307 e. The highest BCUT2D eigenvalue weighted by atomic mass is 35.5. The molecule has 192 valence electrons. The van der Waals surface area contributed by atoms with Crippen LogP contribution in [0.4, 0.5) is 0 Å². The number of carbonyl (C=O) groups excluding carboxylic acids is 2. The highest BCUT2D eigenvalue weighted by molar-refractivity contribution is 7.03. The number of aliphatic carboxylic acids is 1. The number of hydrogen-bond acceptors (Lipinski definition) is 6. The number of halogens is 1. The Morgan fingerprint density at radius 3 is 2.61 bits per heavy atom. The van der Waals surface area contributed by atoms with Crippen LogP contribution in [-0.2, 0) is 27.4 Å². The minimum Gasteiger partial charge on any atom is -0.487 e. The fourth-order valence-corrected chi connectivity index (χ4v) is 6.65. The van der Waals surface area contributed by atoms with Crippen LogP contribution in [0.3, 0.4) is 0 Å². The minimum atomic E-state index is -0.910. The quantitative estimate of drug-likeness (QED) is 0.571. The Bertz CT molecular complexity index is 1140. The maximum absolute atomic E-state index is 14.0. The van der Waals surface area contributed by atoms with Crippen molar-refractivity contribution in [1.29, 1.82) is 0 Å². The molecule has 0 spiro atoms. The number of rotatable bonds is 7. The van der Waals surface area contributed by atoms with E-state index in [0.29, 0.717) is 56.1 Å². The van der Waals surface area contributed by atoms with Crippen molar-refractivity contribution in [3.63, 3.8) is 0 Å². The van der Waals surface area contributed by atoms with Crippen LogP contribution in [0.1, 0.15) is 61.4 Å². The molecule has 3 heterocycles. The topological polar surface area (TPSA) is 100 Å². The molecule has 2 fully saturated rings. The first-order valence-electron chi connectivity index (χ1n) is 12.6. The van der Waals surface area contributed by atoms with Gasteiger partial charge in [0, 0.05) is 42.0 Å². The van der Waals surface area contributed by atoms with Gasteiger partial charge in [-0.2, -0.15) is 4.37 Å². The number of ether oxygens (including phenoxy) is 1. The predicted octanol–water partition coefficient (Wildman–Crippen LogP) is 4.31. The van der Waals surface area contributed by atoms with Crippen molar-refractivity contribution in [1.82, 2.24) is 14.2 Å². The Labute approximate surface area is 219 Å². The molecule has 1 aromatic carbocycles. The standard InChI is InChI=1S/C26H30ClN3O5S/c27-20-7-8-22(35-15-16-10-13-36-28-16)24-19(20)9-12-30(21(24)14-29-11-3-6-23(29)31)25(32)17-4-1-2-5-18(17)26(33)34/h7-8,10,13,17-18,21H,1-6,9,11-12,14-15H2,(H,33,34)/t17?,18?,21-/m1/s1. The van der Waals surface area contributed by atoms with Crippen molar-refractivity contribution in [3.8, 4) is 5.75 Å². The number of likely N-dealkylation sites (tertiary alicyclic amines) is 1. The monoisotopic (exact) mass is 531 g/mol. The second-order valence-corrected chi connectivity index (χ2v) is 10.9. The zero-order valence-corrected chi connectivity index (χ0v) is 21.6. The van der Waals surface area contributed by atoms with Crippen molar-refractivity contribution < 1.29 is 24.2 Å². The van der Waals surface area contributed by atoms with Gasteiger partial charge in [-0.05, 0) is 61.0 Å². The molecule has 2 unspecified atom stereocenters. The summed E-state index contributed by atoms with van der Waals surface area (Å²) in [5.74, 6) is -1.60. The van der Waals surface area contributed by atoms with E-state index in [1.807, 2.05) is 23.6 Å². The zero-order valence-electron chi connectivity index (χ0n) is 20.0. The van der Waals surface area contributed by atoms with Gasteiger partial charge in [0.2, 0.25) is 11.8 Å². The van der Waals surface area contributed by atoms with Crippen molar-refractivity contribution in [2.24, 2.45) is 11.8 Å². The number of carboxylic acid groups (broad SMARTS) is 1. The van der Waals surface area contributed by atoms with Crippen molar-refractivity contribution >= 4 is 40.9 Å². The fourth-order valence-electron chi connectivity index (χ4n) is 5.86. The summed E-state index contributed by atoms with van der Waals surface area (Å²) in [7, 11) is 0. The van der Waals surface area contributed by atoms with Crippen molar-refractivity contribution in [3.05, 3.63) is 45.4 Å². The second kappa shape index (κ2) is 10.8. The molecule has 10 heteroatoms. The lowest BCUT2D eigenvalue weighted by Crippen LogP contribution is -2.50. The first kappa shape index (κ1) is 25.0. The van der Waals surface area contributed by atoms with E-state index in [4.69, 9.17) is 16.3 Å². The molecule has 1 saturated heterocycles. The van der Waals surface area contributed by atoms with Gasteiger partial charge in [0.15, 0.2) is 0 Å². The van der Waals surface area contributed by atoms with E-state index in [1.165, 1.54) is 11.5 Å². The first-order valence-corrected chi connectivity index (χ1v) is 13.8. The molecule has 2 amide bonds. The van der Waals surface area contributed by atoms with Gasteiger partial charge in [0.25, 0.3) is 0 Å². The molecule has 0 bridgehead atoms. The lowest BCUT2D eigenvalue weighted by Gasteiger charge is -2.43. The molecule has 0 radical (unpaired) electrons. The second-order valence-electron chi connectivity index (χ2n) is 9.79. The summed E-state index contributed by atoms with van der Waals surface area (Å²) in [6.45, 7) is 1.69. The van der Waals surface area contributed by atoms with E-state index in [9.17, 15) is 19.5 Å². The SMILES string of the molecule is O=C(O)C1CCCCC1C(=O)N1CCc2c(Cl)ccc(OCc3ccsn3)c2[C@H]1CN1CCCC1=O. The van der Waals surface area contributed by atoms with Crippen LogP contribution in [0.2, 0.25) is 5.02 Å². The lowest BCUT2D eigenvalue weighted by atomic mass is 9.77. The van der Waals surface area contributed by atoms with Gasteiger partial charge in [0.05, 0.1) is 23.6 Å². The number of hydrogen-bond donors (Lipinski definition) is 1. The molecule has 1 aliphatic carbocycles. The van der Waals surface area contributed by atoms with E-state index in [0.717, 1.165) is 36.1 Å². The van der Waals surface area contributed by atoms with Crippen LogP contribution < -0.4 is 4.74 Å². The summed E-state index contributed by atoms with van der Waals surface area (Å²) in [4.78, 5) is 42.1. The molecule has 1 saturated carbocycles.